The number of hydrazone groups is 1. The maximum Gasteiger partial charge on any atom is 0.339 e. The lowest BCUT2D eigenvalue weighted by Gasteiger charge is -2.07. The van der Waals surface area contributed by atoms with Crippen molar-refractivity contribution in [1.29, 1.82) is 0 Å². The lowest BCUT2D eigenvalue weighted by Crippen LogP contribution is -2.24. The molecule has 0 fully saturated rings. The van der Waals surface area contributed by atoms with E-state index in [1.165, 1.54) is 18.3 Å². The first-order valence-electron chi connectivity index (χ1n) is 8.16. The van der Waals surface area contributed by atoms with E-state index in [0.29, 0.717) is 17.9 Å². The minimum atomic E-state index is -0.497. The van der Waals surface area contributed by atoms with Gasteiger partial charge in [-0.3, -0.25) is 10.1 Å². The molecule has 0 aromatic heterocycles. The number of hydrogen-bond acceptors (Lipinski definition) is 5. The molecule has 0 spiro atoms. The fourth-order valence-corrected chi connectivity index (χ4v) is 1.98. The predicted molar refractivity (Wildman–Crippen MR) is 99.7 cm³/mol. The molecule has 0 saturated carbocycles. The Labute approximate surface area is 151 Å². The number of nitrogens with one attached hydrogen (secondary N) is 2. The van der Waals surface area contributed by atoms with Crippen molar-refractivity contribution < 1.29 is 14.5 Å². The Morgan fingerprint density at radius 1 is 1.19 bits per heavy atom. The maximum absolute atomic E-state index is 11.8. The van der Waals surface area contributed by atoms with Gasteiger partial charge in [-0.2, -0.15) is 5.10 Å². The van der Waals surface area contributed by atoms with E-state index < -0.39 is 11.0 Å². The Kier molecular flexibility index (Phi) is 7.11. The Bertz CT molecular complexity index is 758. The van der Waals surface area contributed by atoms with Gasteiger partial charge in [0.1, 0.15) is 5.75 Å². The molecule has 0 bridgehead atoms. The maximum atomic E-state index is 11.8. The van der Waals surface area contributed by atoms with Crippen LogP contribution in [0.3, 0.4) is 0 Å². The molecule has 0 atom stereocenters. The molecule has 0 unspecified atom stereocenters. The highest BCUT2D eigenvalue weighted by Gasteiger charge is 2.03. The number of ether oxygens (including phenoxy) is 1. The van der Waals surface area contributed by atoms with E-state index in [2.05, 4.69) is 22.8 Å². The number of nitro benzene ring substituents is 1. The summed E-state index contributed by atoms with van der Waals surface area (Å²) in [6.45, 7) is 2.76. The number of rotatable bonds is 8. The van der Waals surface area contributed by atoms with Crippen LogP contribution in [0.5, 0.6) is 5.75 Å². The standard InChI is InChI=1S/C18H20N4O4/c1-2-3-12-26-17-10-6-15(7-11-17)20-18(23)21-19-13-14-4-8-16(9-5-14)22(24)25/h4-11,13H,2-3,12H2,1H3,(H2,20,21,23). The van der Waals surface area contributed by atoms with Crippen LogP contribution in [-0.4, -0.2) is 23.8 Å². The van der Waals surface area contributed by atoms with Gasteiger partial charge in [-0.05, 0) is 48.4 Å². The molecule has 0 aliphatic rings. The van der Waals surface area contributed by atoms with Gasteiger partial charge in [0, 0.05) is 17.8 Å². The molecule has 0 aliphatic heterocycles. The second-order valence-corrected chi connectivity index (χ2v) is 5.40. The van der Waals surface area contributed by atoms with Crippen molar-refractivity contribution >= 4 is 23.6 Å². The molecule has 2 aromatic rings. The molecule has 8 heteroatoms. The molecule has 2 rings (SSSR count). The van der Waals surface area contributed by atoms with Crippen LogP contribution >= 0.6 is 0 Å². The van der Waals surface area contributed by atoms with Crippen molar-refractivity contribution in [3.63, 3.8) is 0 Å². The Balaban J connectivity index is 1.79. The van der Waals surface area contributed by atoms with Gasteiger partial charge < -0.3 is 10.1 Å². The first kappa shape index (κ1) is 18.9. The monoisotopic (exact) mass is 356 g/mol. The highest BCUT2D eigenvalue weighted by molar-refractivity contribution is 5.90. The molecule has 8 nitrogen and oxygen atoms in total. The zero-order valence-electron chi connectivity index (χ0n) is 14.3. The van der Waals surface area contributed by atoms with Crippen LogP contribution in [0, 0.1) is 10.1 Å². The number of anilines is 1. The van der Waals surface area contributed by atoms with E-state index >= 15 is 0 Å². The van der Waals surface area contributed by atoms with Crippen LogP contribution in [-0.2, 0) is 0 Å². The summed E-state index contributed by atoms with van der Waals surface area (Å²) in [5.74, 6) is 0.751. The van der Waals surface area contributed by atoms with E-state index in [1.54, 1.807) is 36.4 Å². The lowest BCUT2D eigenvalue weighted by atomic mass is 10.2. The van der Waals surface area contributed by atoms with Crippen molar-refractivity contribution in [1.82, 2.24) is 5.43 Å². The second-order valence-electron chi connectivity index (χ2n) is 5.40. The van der Waals surface area contributed by atoms with Crippen molar-refractivity contribution in [3.8, 4) is 5.75 Å². The zero-order chi connectivity index (χ0) is 18.8. The fourth-order valence-electron chi connectivity index (χ4n) is 1.98. The molecule has 2 N–H and O–H groups in total. The second kappa shape index (κ2) is 9.77. The summed E-state index contributed by atoms with van der Waals surface area (Å²) in [6.07, 6.45) is 3.46. The fraction of sp³-hybridized carbons (Fsp3) is 0.222. The van der Waals surface area contributed by atoms with Crippen LogP contribution < -0.4 is 15.5 Å². The number of nitro groups is 1. The van der Waals surface area contributed by atoms with E-state index in [0.717, 1.165) is 18.6 Å². The normalized spacial score (nSPS) is 10.5. The molecule has 0 radical (unpaired) electrons. The summed E-state index contributed by atoms with van der Waals surface area (Å²) in [5, 5.41) is 17.0. The largest absolute Gasteiger partial charge is 0.494 e. The molecule has 26 heavy (non-hydrogen) atoms. The summed E-state index contributed by atoms with van der Waals surface area (Å²) in [6, 6.07) is 12.4. The van der Waals surface area contributed by atoms with E-state index in [-0.39, 0.29) is 5.69 Å². The minimum absolute atomic E-state index is 0.00465. The predicted octanol–water partition coefficient (Wildman–Crippen LogP) is 3.93. The Morgan fingerprint density at radius 3 is 2.50 bits per heavy atom. The third-order valence-electron chi connectivity index (χ3n) is 3.36. The molecule has 2 amide bonds. The molecular formula is C18H20N4O4. The number of urea groups is 1. The third-order valence-corrected chi connectivity index (χ3v) is 3.36. The summed E-state index contributed by atoms with van der Waals surface area (Å²) < 4.78 is 5.55. The van der Waals surface area contributed by atoms with Crippen molar-refractivity contribution in [2.75, 3.05) is 11.9 Å². The van der Waals surface area contributed by atoms with Gasteiger partial charge in [0.25, 0.3) is 5.69 Å². The summed E-state index contributed by atoms with van der Waals surface area (Å²) in [7, 11) is 0. The number of carbonyl (C=O) groups excluding carboxylic acids is 1. The van der Waals surface area contributed by atoms with E-state index in [9.17, 15) is 14.9 Å². The first-order chi connectivity index (χ1) is 12.6. The Hall–Kier alpha value is -3.42. The average Bonchev–Trinajstić information content (AvgIpc) is 2.64. The van der Waals surface area contributed by atoms with Crippen LogP contribution in [0.25, 0.3) is 0 Å². The number of carbonyl (C=O) groups is 1. The molecule has 136 valence electrons. The number of benzene rings is 2. The van der Waals surface area contributed by atoms with Gasteiger partial charge in [-0.25, -0.2) is 10.2 Å². The topological polar surface area (TPSA) is 106 Å². The van der Waals surface area contributed by atoms with Gasteiger partial charge >= 0.3 is 6.03 Å². The molecule has 0 aliphatic carbocycles. The van der Waals surface area contributed by atoms with Gasteiger partial charge in [-0.1, -0.05) is 13.3 Å². The van der Waals surface area contributed by atoms with Crippen molar-refractivity contribution in [2.24, 2.45) is 5.10 Å². The highest BCUT2D eigenvalue weighted by Crippen LogP contribution is 2.16. The quantitative estimate of drug-likeness (QED) is 0.323. The van der Waals surface area contributed by atoms with Gasteiger partial charge in [0.05, 0.1) is 17.7 Å². The molecular weight excluding hydrogens is 336 g/mol. The van der Waals surface area contributed by atoms with Gasteiger partial charge in [0.15, 0.2) is 0 Å². The number of non-ortho nitro benzene ring substituents is 1. The smallest absolute Gasteiger partial charge is 0.339 e. The summed E-state index contributed by atoms with van der Waals surface area (Å²) >= 11 is 0. The molecule has 2 aromatic carbocycles. The molecule has 0 heterocycles. The number of amides is 2. The van der Waals surface area contributed by atoms with Crippen molar-refractivity contribution in [3.05, 3.63) is 64.2 Å². The number of unbranched alkanes of at least 4 members (excludes halogenated alkanes) is 1. The van der Waals surface area contributed by atoms with Crippen LogP contribution in [0.1, 0.15) is 25.3 Å². The average molecular weight is 356 g/mol. The lowest BCUT2D eigenvalue weighted by molar-refractivity contribution is -0.384. The number of hydrogen-bond donors (Lipinski definition) is 2. The van der Waals surface area contributed by atoms with Gasteiger partial charge in [0.2, 0.25) is 0 Å². The zero-order valence-corrected chi connectivity index (χ0v) is 14.3. The van der Waals surface area contributed by atoms with E-state index in [1.807, 2.05) is 0 Å². The SMILES string of the molecule is CCCCOc1ccc(NC(=O)NN=Cc2ccc([N+](=O)[O-])cc2)cc1. The minimum Gasteiger partial charge on any atom is -0.494 e. The highest BCUT2D eigenvalue weighted by atomic mass is 16.6. The van der Waals surface area contributed by atoms with Crippen LogP contribution in [0.4, 0.5) is 16.2 Å². The van der Waals surface area contributed by atoms with E-state index in [4.69, 9.17) is 4.74 Å². The third kappa shape index (κ3) is 6.23. The summed E-state index contributed by atoms with van der Waals surface area (Å²) in [5.41, 5.74) is 3.56. The van der Waals surface area contributed by atoms with Crippen LogP contribution in [0.15, 0.2) is 53.6 Å². The molecule has 0 saturated heterocycles. The van der Waals surface area contributed by atoms with Gasteiger partial charge in [-0.15, -0.1) is 0 Å². The first-order valence-corrected chi connectivity index (χ1v) is 8.16. The number of nitrogens with zero attached hydrogens (tertiary/aromatic N) is 2. The van der Waals surface area contributed by atoms with Crippen LogP contribution in [0.2, 0.25) is 0 Å². The Morgan fingerprint density at radius 2 is 1.88 bits per heavy atom. The van der Waals surface area contributed by atoms with Crippen molar-refractivity contribution in [2.45, 2.75) is 19.8 Å². The summed E-state index contributed by atoms with van der Waals surface area (Å²) in [4.78, 5) is 21.9.